The van der Waals surface area contributed by atoms with Crippen molar-refractivity contribution in [3.8, 4) is 0 Å². The van der Waals surface area contributed by atoms with Gasteiger partial charge in [0, 0.05) is 7.11 Å². The summed E-state index contributed by atoms with van der Waals surface area (Å²) in [6, 6.07) is 0. The van der Waals surface area contributed by atoms with E-state index in [-0.39, 0.29) is 24.8 Å². The maximum absolute atomic E-state index is 11.3. The molecule has 0 saturated heterocycles. The van der Waals surface area contributed by atoms with Gasteiger partial charge in [-0.05, 0) is 6.42 Å². The van der Waals surface area contributed by atoms with Crippen LogP contribution in [0.25, 0.3) is 0 Å². The average Bonchev–Trinajstić information content (AvgIpc) is 2.32. The fourth-order valence-corrected chi connectivity index (χ4v) is 1.64. The van der Waals surface area contributed by atoms with Crippen molar-refractivity contribution >= 4 is 5.97 Å². The first-order valence-corrected chi connectivity index (χ1v) is 5.80. The van der Waals surface area contributed by atoms with Crippen molar-refractivity contribution in [3.05, 3.63) is 11.8 Å². The molecule has 1 aliphatic heterocycles. The molecule has 98 valence electrons. The molecule has 0 saturated carbocycles. The lowest BCUT2D eigenvalue weighted by molar-refractivity contribution is -0.150. The van der Waals surface area contributed by atoms with Crippen LogP contribution in [0.3, 0.4) is 0 Å². The molecule has 0 spiro atoms. The minimum atomic E-state index is -0.346. The number of hydrogen-bond donors (Lipinski definition) is 0. The first kappa shape index (κ1) is 14.0. The topological polar surface area (TPSA) is 54.0 Å². The summed E-state index contributed by atoms with van der Waals surface area (Å²) >= 11 is 0. The van der Waals surface area contributed by atoms with Crippen LogP contribution in [0.15, 0.2) is 11.8 Å². The van der Waals surface area contributed by atoms with Crippen molar-refractivity contribution in [1.82, 2.24) is 0 Å². The quantitative estimate of drug-likeness (QED) is 0.386. The van der Waals surface area contributed by atoms with Crippen LogP contribution in [-0.2, 0) is 23.7 Å². The molecule has 1 rings (SSSR count). The molecule has 0 aliphatic carbocycles. The SMILES string of the molecule is CC[C@@H]1OC(=O)C=C(OCOCCOC)[C@H]1C. The molecule has 0 fully saturated rings. The summed E-state index contributed by atoms with van der Waals surface area (Å²) in [4.78, 5) is 11.3. The number of carbonyl (C=O) groups is 1. The highest BCUT2D eigenvalue weighted by Crippen LogP contribution is 2.25. The van der Waals surface area contributed by atoms with Crippen molar-refractivity contribution in [2.24, 2.45) is 5.92 Å². The zero-order chi connectivity index (χ0) is 12.7. The Balaban J connectivity index is 2.37. The van der Waals surface area contributed by atoms with Crippen molar-refractivity contribution in [2.45, 2.75) is 26.4 Å². The molecular weight excluding hydrogens is 224 g/mol. The van der Waals surface area contributed by atoms with Gasteiger partial charge in [0.15, 0.2) is 6.79 Å². The minimum absolute atomic E-state index is 0.0729. The van der Waals surface area contributed by atoms with Gasteiger partial charge in [-0.15, -0.1) is 0 Å². The molecule has 17 heavy (non-hydrogen) atoms. The summed E-state index contributed by atoms with van der Waals surface area (Å²) < 4.78 is 20.6. The third kappa shape index (κ3) is 4.36. The normalized spacial score (nSPS) is 24.2. The van der Waals surface area contributed by atoms with E-state index < -0.39 is 0 Å². The molecule has 2 atom stereocenters. The predicted molar refractivity (Wildman–Crippen MR) is 61.2 cm³/mol. The zero-order valence-electron chi connectivity index (χ0n) is 10.6. The van der Waals surface area contributed by atoms with Crippen LogP contribution in [0.1, 0.15) is 20.3 Å². The lowest BCUT2D eigenvalue weighted by Gasteiger charge is -2.28. The first-order chi connectivity index (χ1) is 8.19. The van der Waals surface area contributed by atoms with Gasteiger partial charge >= 0.3 is 5.97 Å². The Hall–Kier alpha value is -1.07. The van der Waals surface area contributed by atoms with E-state index in [0.717, 1.165) is 6.42 Å². The van der Waals surface area contributed by atoms with Gasteiger partial charge in [0.2, 0.25) is 0 Å². The maximum atomic E-state index is 11.3. The van der Waals surface area contributed by atoms with Crippen molar-refractivity contribution in [1.29, 1.82) is 0 Å². The fraction of sp³-hybridized carbons (Fsp3) is 0.750. The van der Waals surface area contributed by atoms with Crippen LogP contribution >= 0.6 is 0 Å². The van der Waals surface area contributed by atoms with Gasteiger partial charge in [-0.25, -0.2) is 4.79 Å². The van der Waals surface area contributed by atoms with E-state index in [1.807, 2.05) is 13.8 Å². The Morgan fingerprint density at radius 1 is 1.41 bits per heavy atom. The molecule has 0 aromatic heterocycles. The van der Waals surface area contributed by atoms with E-state index in [1.54, 1.807) is 7.11 Å². The van der Waals surface area contributed by atoms with Gasteiger partial charge in [0.05, 0.1) is 25.2 Å². The molecular formula is C12H20O5. The number of carbonyl (C=O) groups excluding carboxylic acids is 1. The molecule has 1 heterocycles. The fourth-order valence-electron chi connectivity index (χ4n) is 1.64. The molecule has 5 nitrogen and oxygen atoms in total. The highest BCUT2D eigenvalue weighted by molar-refractivity contribution is 5.83. The molecule has 0 N–H and O–H groups in total. The predicted octanol–water partition coefficient (Wildman–Crippen LogP) is 1.48. The number of methoxy groups -OCH3 is 1. The summed E-state index contributed by atoms with van der Waals surface area (Å²) in [5, 5.41) is 0. The van der Waals surface area contributed by atoms with Crippen LogP contribution in [0.5, 0.6) is 0 Å². The van der Waals surface area contributed by atoms with Crippen LogP contribution < -0.4 is 0 Å². The number of rotatable bonds is 7. The standard InChI is InChI=1S/C12H20O5/c1-4-10-9(2)11(7-12(13)17-10)16-8-15-6-5-14-3/h7,9-10H,4-6,8H2,1-3H3/t9-,10-/m0/s1. The van der Waals surface area contributed by atoms with Crippen LogP contribution in [0.4, 0.5) is 0 Å². The van der Waals surface area contributed by atoms with Gasteiger partial charge < -0.3 is 18.9 Å². The zero-order valence-corrected chi connectivity index (χ0v) is 10.6. The third-order valence-corrected chi connectivity index (χ3v) is 2.68. The Morgan fingerprint density at radius 2 is 2.18 bits per heavy atom. The van der Waals surface area contributed by atoms with E-state index in [1.165, 1.54) is 6.08 Å². The molecule has 0 radical (unpaired) electrons. The van der Waals surface area contributed by atoms with Gasteiger partial charge in [-0.3, -0.25) is 0 Å². The van der Waals surface area contributed by atoms with Gasteiger partial charge in [-0.1, -0.05) is 13.8 Å². The number of ether oxygens (including phenoxy) is 4. The lowest BCUT2D eigenvalue weighted by Crippen LogP contribution is -2.31. The Labute approximate surface area is 102 Å². The van der Waals surface area contributed by atoms with E-state index in [0.29, 0.717) is 19.0 Å². The Morgan fingerprint density at radius 3 is 2.82 bits per heavy atom. The molecule has 0 unspecified atom stereocenters. The molecule has 1 aliphatic rings. The number of cyclic esters (lactones) is 1. The van der Waals surface area contributed by atoms with Gasteiger partial charge in [0.25, 0.3) is 0 Å². The van der Waals surface area contributed by atoms with Crippen LogP contribution in [0.2, 0.25) is 0 Å². The largest absolute Gasteiger partial charge is 0.471 e. The van der Waals surface area contributed by atoms with Gasteiger partial charge in [0.1, 0.15) is 11.9 Å². The van der Waals surface area contributed by atoms with Crippen LogP contribution in [-0.4, -0.2) is 39.2 Å². The maximum Gasteiger partial charge on any atom is 0.334 e. The summed E-state index contributed by atoms with van der Waals surface area (Å²) in [6.45, 7) is 5.08. The Bertz CT molecular complexity index is 274. The second kappa shape index (κ2) is 7.29. The highest BCUT2D eigenvalue weighted by Gasteiger charge is 2.29. The summed E-state index contributed by atoms with van der Waals surface area (Å²) in [5.41, 5.74) is 0. The van der Waals surface area contributed by atoms with Crippen molar-refractivity contribution < 1.29 is 23.7 Å². The van der Waals surface area contributed by atoms with E-state index in [2.05, 4.69) is 0 Å². The van der Waals surface area contributed by atoms with E-state index in [9.17, 15) is 4.79 Å². The number of hydrogen-bond acceptors (Lipinski definition) is 5. The van der Waals surface area contributed by atoms with E-state index >= 15 is 0 Å². The molecule has 0 bridgehead atoms. The molecule has 0 aromatic rings. The van der Waals surface area contributed by atoms with Crippen molar-refractivity contribution in [2.75, 3.05) is 27.1 Å². The van der Waals surface area contributed by atoms with Crippen LogP contribution in [0, 0.1) is 5.92 Å². The van der Waals surface area contributed by atoms with Gasteiger partial charge in [-0.2, -0.15) is 0 Å². The summed E-state index contributed by atoms with van der Waals surface area (Å²) in [7, 11) is 1.61. The monoisotopic (exact) mass is 244 g/mol. The molecule has 5 heteroatoms. The minimum Gasteiger partial charge on any atom is -0.471 e. The van der Waals surface area contributed by atoms with Crippen molar-refractivity contribution in [3.63, 3.8) is 0 Å². The number of esters is 1. The molecule has 0 amide bonds. The second-order valence-electron chi connectivity index (χ2n) is 3.88. The first-order valence-electron chi connectivity index (χ1n) is 5.80. The Kier molecular flexibility index (Phi) is 6.00. The summed E-state index contributed by atoms with van der Waals surface area (Å²) in [6.07, 6.45) is 2.05. The van der Waals surface area contributed by atoms with E-state index in [4.69, 9.17) is 18.9 Å². The second-order valence-corrected chi connectivity index (χ2v) is 3.88. The lowest BCUT2D eigenvalue weighted by atomic mass is 9.98. The smallest absolute Gasteiger partial charge is 0.334 e. The highest BCUT2D eigenvalue weighted by atomic mass is 16.7. The summed E-state index contributed by atoms with van der Waals surface area (Å²) in [5.74, 6) is 0.357. The average molecular weight is 244 g/mol. The molecule has 0 aromatic carbocycles. The third-order valence-electron chi connectivity index (χ3n) is 2.68.